The summed E-state index contributed by atoms with van der Waals surface area (Å²) < 4.78 is 5.20. The Balaban J connectivity index is 1.63. The molecule has 2 amide bonds. The number of carboxylic acid groups (broad SMARTS) is 1. The first-order chi connectivity index (χ1) is 12.6. The van der Waals surface area contributed by atoms with Gasteiger partial charge < -0.3 is 20.1 Å². The van der Waals surface area contributed by atoms with Crippen molar-refractivity contribution in [2.45, 2.75) is 63.3 Å². The minimum absolute atomic E-state index is 0.0476. The van der Waals surface area contributed by atoms with Gasteiger partial charge in [-0.1, -0.05) is 43.2 Å². The topological polar surface area (TPSA) is 95.9 Å². The number of carbonyl (C=O) groups excluding carboxylic acids is 2. The molecule has 7 nitrogen and oxygen atoms in total. The fourth-order valence-corrected chi connectivity index (χ4v) is 3.82. The molecule has 0 spiro atoms. The lowest BCUT2D eigenvalue weighted by molar-refractivity contribution is -0.151. The van der Waals surface area contributed by atoms with Crippen LogP contribution in [0.1, 0.15) is 44.1 Å². The number of carboxylic acids is 1. The van der Waals surface area contributed by atoms with E-state index in [2.05, 4.69) is 5.32 Å². The maximum absolute atomic E-state index is 12.9. The molecule has 0 aromatic heterocycles. The number of benzene rings is 1. The summed E-state index contributed by atoms with van der Waals surface area (Å²) in [6, 6.07) is 7.70. The Labute approximate surface area is 152 Å². The summed E-state index contributed by atoms with van der Waals surface area (Å²) in [6.45, 7) is 0.123. The average Bonchev–Trinajstić information content (AvgIpc) is 3.05. The molecule has 1 aromatic carbocycles. The van der Waals surface area contributed by atoms with E-state index in [0.29, 0.717) is 19.3 Å². The van der Waals surface area contributed by atoms with Gasteiger partial charge in [0.1, 0.15) is 18.7 Å². The van der Waals surface area contributed by atoms with E-state index in [0.717, 1.165) is 24.8 Å². The highest BCUT2D eigenvalue weighted by molar-refractivity contribution is 5.90. The number of amides is 2. The summed E-state index contributed by atoms with van der Waals surface area (Å²) in [4.78, 5) is 38.0. The van der Waals surface area contributed by atoms with Crippen LogP contribution in [0.5, 0.6) is 0 Å². The van der Waals surface area contributed by atoms with Gasteiger partial charge in [0, 0.05) is 6.04 Å². The van der Waals surface area contributed by atoms with E-state index >= 15 is 0 Å². The molecule has 1 aromatic rings. The lowest BCUT2D eigenvalue weighted by Gasteiger charge is -2.34. The van der Waals surface area contributed by atoms with Crippen molar-refractivity contribution in [2.75, 3.05) is 0 Å². The van der Waals surface area contributed by atoms with Crippen LogP contribution in [0, 0.1) is 0 Å². The third-order valence-corrected chi connectivity index (χ3v) is 5.13. The van der Waals surface area contributed by atoms with Crippen LogP contribution in [-0.2, 0) is 20.9 Å². The van der Waals surface area contributed by atoms with Gasteiger partial charge in [-0.3, -0.25) is 4.79 Å². The van der Waals surface area contributed by atoms with Gasteiger partial charge >= 0.3 is 12.1 Å². The number of ether oxygens (including phenoxy) is 1. The summed E-state index contributed by atoms with van der Waals surface area (Å²) in [5.74, 6) is -1.29. The number of rotatable bonds is 4. The Kier molecular flexibility index (Phi) is 5.75. The summed E-state index contributed by atoms with van der Waals surface area (Å²) >= 11 is 0. The van der Waals surface area contributed by atoms with Crippen LogP contribution in [0.25, 0.3) is 0 Å². The zero-order valence-corrected chi connectivity index (χ0v) is 14.6. The second-order valence-corrected chi connectivity index (χ2v) is 6.87. The minimum Gasteiger partial charge on any atom is -0.480 e. The van der Waals surface area contributed by atoms with Gasteiger partial charge in [-0.05, 0) is 31.2 Å². The predicted molar refractivity (Wildman–Crippen MR) is 93.3 cm³/mol. The third-order valence-electron chi connectivity index (χ3n) is 5.13. The minimum atomic E-state index is -0.980. The number of nitrogens with zero attached hydrogens (tertiary/aromatic N) is 1. The van der Waals surface area contributed by atoms with Crippen LogP contribution in [0.2, 0.25) is 0 Å². The second-order valence-electron chi connectivity index (χ2n) is 6.87. The fourth-order valence-electron chi connectivity index (χ4n) is 3.82. The lowest BCUT2D eigenvalue weighted by atomic mass is 9.99. The molecule has 2 unspecified atom stereocenters. The van der Waals surface area contributed by atoms with E-state index in [4.69, 9.17) is 4.74 Å². The van der Waals surface area contributed by atoms with Crippen molar-refractivity contribution >= 4 is 18.0 Å². The second kappa shape index (κ2) is 8.21. The molecular weight excluding hydrogens is 336 g/mol. The van der Waals surface area contributed by atoms with E-state index in [1.54, 1.807) is 0 Å². The van der Waals surface area contributed by atoms with E-state index < -0.39 is 24.1 Å². The van der Waals surface area contributed by atoms with Gasteiger partial charge in [0.05, 0.1) is 0 Å². The lowest BCUT2D eigenvalue weighted by Crippen LogP contribution is -2.54. The average molecular weight is 360 g/mol. The molecular formula is C19H24N2O5. The third kappa shape index (κ3) is 4.15. The van der Waals surface area contributed by atoms with E-state index in [1.807, 2.05) is 30.3 Å². The maximum atomic E-state index is 12.9. The molecule has 2 aliphatic heterocycles. The Hall–Kier alpha value is -2.57. The van der Waals surface area contributed by atoms with Crippen molar-refractivity contribution in [3.05, 3.63) is 35.9 Å². The summed E-state index contributed by atoms with van der Waals surface area (Å²) in [5, 5.41) is 12.0. The molecule has 2 N–H and O–H groups in total. The van der Waals surface area contributed by atoms with E-state index in [-0.39, 0.29) is 18.6 Å². The first kappa shape index (κ1) is 18.2. The molecule has 3 rings (SSSR count). The molecule has 26 heavy (non-hydrogen) atoms. The molecule has 2 fully saturated rings. The fraction of sp³-hybridized carbons (Fsp3) is 0.526. The Morgan fingerprint density at radius 3 is 2.58 bits per heavy atom. The number of hydrogen-bond donors (Lipinski definition) is 2. The van der Waals surface area contributed by atoms with Crippen molar-refractivity contribution in [3.8, 4) is 0 Å². The molecule has 2 heterocycles. The molecule has 0 radical (unpaired) electrons. The largest absolute Gasteiger partial charge is 0.480 e. The highest BCUT2D eigenvalue weighted by Gasteiger charge is 2.43. The number of carbonyl (C=O) groups is 3. The van der Waals surface area contributed by atoms with Gasteiger partial charge in [0.25, 0.3) is 0 Å². The van der Waals surface area contributed by atoms with Crippen molar-refractivity contribution in [1.82, 2.24) is 10.2 Å². The summed E-state index contributed by atoms with van der Waals surface area (Å²) in [5.41, 5.74) is 0.859. The zero-order chi connectivity index (χ0) is 18.5. The van der Waals surface area contributed by atoms with Gasteiger partial charge in [-0.25, -0.2) is 9.59 Å². The van der Waals surface area contributed by atoms with Crippen LogP contribution in [-0.4, -0.2) is 46.1 Å². The Morgan fingerprint density at radius 2 is 1.85 bits per heavy atom. The van der Waals surface area contributed by atoms with Crippen molar-refractivity contribution < 1.29 is 24.2 Å². The Morgan fingerprint density at radius 1 is 1.12 bits per heavy atom. The molecule has 0 aliphatic carbocycles. The van der Waals surface area contributed by atoms with Gasteiger partial charge in [-0.15, -0.1) is 0 Å². The number of nitrogens with one attached hydrogen (secondary N) is 1. The van der Waals surface area contributed by atoms with Gasteiger partial charge in [0.2, 0.25) is 5.91 Å². The molecule has 2 aliphatic rings. The molecule has 0 saturated carbocycles. The molecule has 140 valence electrons. The summed E-state index contributed by atoms with van der Waals surface area (Å²) in [7, 11) is 0. The number of hydrogen-bond acceptors (Lipinski definition) is 4. The van der Waals surface area contributed by atoms with E-state index in [9.17, 15) is 19.5 Å². The summed E-state index contributed by atoms with van der Waals surface area (Å²) in [6.07, 6.45) is 3.56. The zero-order valence-electron chi connectivity index (χ0n) is 14.6. The quantitative estimate of drug-likeness (QED) is 0.859. The smallest absolute Gasteiger partial charge is 0.408 e. The van der Waals surface area contributed by atoms with Crippen LogP contribution >= 0.6 is 0 Å². The highest BCUT2D eigenvalue weighted by atomic mass is 16.5. The monoisotopic (exact) mass is 360 g/mol. The van der Waals surface area contributed by atoms with Crippen LogP contribution in [0.3, 0.4) is 0 Å². The van der Waals surface area contributed by atoms with Crippen molar-refractivity contribution in [1.29, 1.82) is 0 Å². The molecule has 0 bridgehead atoms. The molecule has 2 saturated heterocycles. The van der Waals surface area contributed by atoms with Crippen LogP contribution < -0.4 is 5.32 Å². The first-order valence-electron chi connectivity index (χ1n) is 9.08. The first-order valence-corrected chi connectivity index (χ1v) is 9.08. The molecule has 3 atom stereocenters. The maximum Gasteiger partial charge on any atom is 0.408 e. The van der Waals surface area contributed by atoms with Gasteiger partial charge in [0.15, 0.2) is 0 Å². The van der Waals surface area contributed by atoms with Gasteiger partial charge in [-0.2, -0.15) is 0 Å². The van der Waals surface area contributed by atoms with Crippen molar-refractivity contribution in [3.63, 3.8) is 0 Å². The number of aliphatic carboxylic acids is 1. The number of alkyl carbamates (subject to hydrolysis) is 1. The van der Waals surface area contributed by atoms with E-state index in [1.165, 1.54) is 4.90 Å². The number of fused-ring (bicyclic) bond motifs is 1. The van der Waals surface area contributed by atoms with Crippen LogP contribution in [0.15, 0.2) is 30.3 Å². The highest BCUT2D eigenvalue weighted by Crippen LogP contribution is 2.31. The predicted octanol–water partition coefficient (Wildman–Crippen LogP) is 2.30. The van der Waals surface area contributed by atoms with Crippen LogP contribution in [0.4, 0.5) is 4.79 Å². The Bertz CT molecular complexity index is 663. The van der Waals surface area contributed by atoms with Crippen molar-refractivity contribution in [2.24, 2.45) is 0 Å². The SMILES string of the molecule is O=C(NC1CCCC[C@H]2CCC(C(=O)O)N2C1=O)OCc1ccccc1. The molecule has 7 heteroatoms. The standard InChI is InChI=1S/C19H24N2O5/c22-17-15(20-19(25)26-12-13-6-2-1-3-7-13)9-5-4-8-14-10-11-16(18(23)24)21(14)17/h1-3,6-7,14-16H,4-5,8-12H2,(H,20,25)(H,23,24)/t14-,15?,16?/m0/s1. The normalized spacial score (nSPS) is 25.8.